The third-order valence-electron chi connectivity index (χ3n) is 9.49. The van der Waals surface area contributed by atoms with E-state index in [-0.39, 0.29) is 0 Å². The van der Waals surface area contributed by atoms with Crippen LogP contribution in [0.15, 0.2) is 154 Å². The number of rotatable bonds is 4. The summed E-state index contributed by atoms with van der Waals surface area (Å²) in [7, 11) is 0. The summed E-state index contributed by atoms with van der Waals surface area (Å²) in [6, 6.07) is 51.1. The predicted octanol–water partition coefficient (Wildman–Crippen LogP) is 13.6. The minimum Gasteiger partial charge on any atom is -0.456 e. The molecule has 6 heteroatoms. The Bertz CT molecular complexity index is 2960. The molecule has 0 unspecified atom stereocenters. The van der Waals surface area contributed by atoms with Crippen molar-refractivity contribution in [2.75, 3.05) is 4.90 Å². The molecule has 0 bridgehead atoms. The van der Waals surface area contributed by atoms with Gasteiger partial charge in [0.25, 0.3) is 0 Å². The Kier molecular flexibility index (Phi) is 5.67. The number of fused-ring (bicyclic) bond motifs is 11. The molecular formula is C43H24N2O2S2. The van der Waals surface area contributed by atoms with Crippen molar-refractivity contribution in [2.24, 2.45) is 0 Å². The Labute approximate surface area is 287 Å². The molecule has 0 atom stereocenters. The number of hydrogen-bond donors (Lipinski definition) is 0. The van der Waals surface area contributed by atoms with Crippen LogP contribution >= 0.6 is 22.7 Å². The van der Waals surface area contributed by atoms with E-state index in [9.17, 15) is 0 Å². The smallest absolute Gasteiger partial charge is 0.135 e. The van der Waals surface area contributed by atoms with Gasteiger partial charge in [-0.15, -0.1) is 22.7 Å². The highest BCUT2D eigenvalue weighted by Gasteiger charge is 2.22. The molecule has 0 amide bonds. The first-order valence-electron chi connectivity index (χ1n) is 16.2. The Morgan fingerprint density at radius 1 is 0.469 bits per heavy atom. The molecule has 4 heterocycles. The maximum Gasteiger partial charge on any atom is 0.135 e. The summed E-state index contributed by atoms with van der Waals surface area (Å²) in [4.78, 5) is 7.45. The molecule has 49 heavy (non-hydrogen) atoms. The third-order valence-corrected chi connectivity index (χ3v) is 11.8. The van der Waals surface area contributed by atoms with Crippen LogP contribution in [0.2, 0.25) is 0 Å². The van der Waals surface area contributed by atoms with Crippen LogP contribution in [0.5, 0.6) is 0 Å². The quantitative estimate of drug-likeness (QED) is 0.188. The van der Waals surface area contributed by atoms with Gasteiger partial charge in [0.2, 0.25) is 0 Å². The normalized spacial score (nSPS) is 12.1. The fourth-order valence-electron chi connectivity index (χ4n) is 7.27. The van der Waals surface area contributed by atoms with E-state index in [1.807, 2.05) is 41.7 Å². The van der Waals surface area contributed by atoms with Gasteiger partial charge in [0.15, 0.2) is 0 Å². The number of aromatic nitrogens is 1. The SMILES string of the molecule is c1ccc(-c2nc3ccc4sc5c(N(c6ccc7oc8ccccc8c7c6)c6ccc7oc8ccccc8c7c6)cccc5c4c3s2)cc1. The van der Waals surface area contributed by atoms with Gasteiger partial charge >= 0.3 is 0 Å². The van der Waals surface area contributed by atoms with E-state index in [1.165, 1.54) is 24.9 Å². The van der Waals surface area contributed by atoms with Crippen LogP contribution in [-0.4, -0.2) is 4.98 Å². The summed E-state index contributed by atoms with van der Waals surface area (Å²) in [5.41, 5.74) is 8.96. The molecule has 0 aliphatic heterocycles. The van der Waals surface area contributed by atoms with Gasteiger partial charge in [-0.1, -0.05) is 78.9 Å². The van der Waals surface area contributed by atoms with Crippen LogP contribution in [0.4, 0.5) is 17.1 Å². The van der Waals surface area contributed by atoms with E-state index in [4.69, 9.17) is 13.8 Å². The molecule has 0 aliphatic rings. The minimum absolute atomic E-state index is 0.878. The summed E-state index contributed by atoms with van der Waals surface area (Å²) in [6.07, 6.45) is 0. The molecule has 11 rings (SSSR count). The number of benzene rings is 7. The van der Waals surface area contributed by atoms with Gasteiger partial charge in [-0.05, 0) is 66.7 Å². The Morgan fingerprint density at radius 2 is 1.08 bits per heavy atom. The predicted molar refractivity (Wildman–Crippen MR) is 207 cm³/mol. The van der Waals surface area contributed by atoms with Crippen molar-refractivity contribution in [1.82, 2.24) is 4.98 Å². The van der Waals surface area contributed by atoms with E-state index in [0.29, 0.717) is 0 Å². The van der Waals surface area contributed by atoms with E-state index in [0.717, 1.165) is 77.0 Å². The zero-order valence-corrected chi connectivity index (χ0v) is 27.5. The lowest BCUT2D eigenvalue weighted by molar-refractivity contribution is 0.668. The molecule has 4 aromatic heterocycles. The van der Waals surface area contributed by atoms with E-state index >= 15 is 0 Å². The van der Waals surface area contributed by atoms with Gasteiger partial charge in [0, 0.05) is 54.0 Å². The number of hydrogen-bond acceptors (Lipinski definition) is 6. The second-order valence-electron chi connectivity index (χ2n) is 12.3. The van der Waals surface area contributed by atoms with Crippen molar-refractivity contribution in [2.45, 2.75) is 0 Å². The molecule has 11 aromatic rings. The summed E-state index contributed by atoms with van der Waals surface area (Å²) < 4.78 is 16.2. The first kappa shape index (κ1) is 27.0. The van der Waals surface area contributed by atoms with Gasteiger partial charge in [-0.25, -0.2) is 4.98 Å². The largest absolute Gasteiger partial charge is 0.456 e. The number of thiophene rings is 1. The van der Waals surface area contributed by atoms with Gasteiger partial charge in [-0.3, -0.25) is 0 Å². The van der Waals surface area contributed by atoms with E-state index in [2.05, 4.69) is 120 Å². The number of thiazole rings is 1. The van der Waals surface area contributed by atoms with Gasteiger partial charge in [-0.2, -0.15) is 0 Å². The van der Waals surface area contributed by atoms with Crippen molar-refractivity contribution in [3.63, 3.8) is 0 Å². The first-order chi connectivity index (χ1) is 24.3. The van der Waals surface area contributed by atoms with Crippen LogP contribution in [0.25, 0.3) is 84.8 Å². The van der Waals surface area contributed by atoms with Crippen molar-refractivity contribution >= 4 is 114 Å². The number of furan rings is 2. The highest BCUT2D eigenvalue weighted by molar-refractivity contribution is 7.28. The second kappa shape index (κ2) is 10.3. The molecule has 0 aliphatic carbocycles. The van der Waals surface area contributed by atoms with Crippen molar-refractivity contribution < 1.29 is 8.83 Å². The zero-order chi connectivity index (χ0) is 32.1. The first-order valence-corrected chi connectivity index (χ1v) is 17.8. The molecule has 0 fully saturated rings. The van der Waals surface area contributed by atoms with Gasteiger partial charge in [0.05, 0.1) is 20.6 Å². The lowest BCUT2D eigenvalue weighted by Gasteiger charge is -2.26. The third kappa shape index (κ3) is 4.05. The minimum atomic E-state index is 0.878. The summed E-state index contributed by atoms with van der Waals surface area (Å²) in [5.74, 6) is 0. The average molecular weight is 665 g/mol. The molecule has 0 saturated carbocycles. The molecule has 0 saturated heterocycles. The van der Waals surface area contributed by atoms with Crippen molar-refractivity contribution in [3.05, 3.63) is 146 Å². The highest BCUT2D eigenvalue weighted by Crippen LogP contribution is 2.49. The van der Waals surface area contributed by atoms with Crippen LogP contribution < -0.4 is 4.90 Å². The van der Waals surface area contributed by atoms with Crippen LogP contribution in [-0.2, 0) is 0 Å². The number of nitrogens with zero attached hydrogens (tertiary/aromatic N) is 2. The maximum absolute atomic E-state index is 6.25. The topological polar surface area (TPSA) is 42.4 Å². The lowest BCUT2D eigenvalue weighted by Crippen LogP contribution is -2.10. The molecule has 0 spiro atoms. The fraction of sp³-hybridized carbons (Fsp3) is 0. The van der Waals surface area contributed by atoms with E-state index < -0.39 is 0 Å². The van der Waals surface area contributed by atoms with E-state index in [1.54, 1.807) is 11.3 Å². The van der Waals surface area contributed by atoms with Crippen LogP contribution in [0.1, 0.15) is 0 Å². The summed E-state index contributed by atoms with van der Waals surface area (Å²) in [6.45, 7) is 0. The number of anilines is 3. The molecule has 0 N–H and O–H groups in total. The molecule has 7 aromatic carbocycles. The second-order valence-corrected chi connectivity index (χ2v) is 14.4. The summed E-state index contributed by atoms with van der Waals surface area (Å²) in [5, 5.41) is 7.96. The molecular weight excluding hydrogens is 641 g/mol. The van der Waals surface area contributed by atoms with Crippen molar-refractivity contribution in [3.8, 4) is 10.6 Å². The maximum atomic E-state index is 6.25. The van der Waals surface area contributed by atoms with Crippen molar-refractivity contribution in [1.29, 1.82) is 0 Å². The standard InChI is InChI=1S/C43H24N2O2S2/c1-2-9-25(10-3-1)43-44-33-19-22-39-40(42(33)49-43)30-13-8-14-34(41(30)48-39)45(26-17-20-37-31(23-26)28-11-4-6-15-35(28)46-37)27-18-21-38-32(24-27)29-12-5-7-16-36(29)47-38/h1-24H. The van der Waals surface area contributed by atoms with Crippen LogP contribution in [0.3, 0.4) is 0 Å². The number of para-hydroxylation sites is 2. The Hall–Kier alpha value is -5.95. The molecule has 230 valence electrons. The summed E-state index contributed by atoms with van der Waals surface area (Å²) >= 11 is 3.62. The van der Waals surface area contributed by atoms with Gasteiger partial charge < -0.3 is 13.7 Å². The van der Waals surface area contributed by atoms with Gasteiger partial charge in [0.1, 0.15) is 27.3 Å². The Balaban J connectivity index is 1.18. The Morgan fingerprint density at radius 3 is 1.78 bits per heavy atom. The lowest BCUT2D eigenvalue weighted by atomic mass is 10.1. The molecule has 4 nitrogen and oxygen atoms in total. The molecule has 0 radical (unpaired) electrons. The fourth-order valence-corrected chi connectivity index (χ4v) is 9.68. The average Bonchev–Trinajstić information content (AvgIpc) is 3.93. The van der Waals surface area contributed by atoms with Crippen LogP contribution in [0, 0.1) is 0 Å². The highest BCUT2D eigenvalue weighted by atomic mass is 32.1. The monoisotopic (exact) mass is 664 g/mol. The zero-order valence-electron chi connectivity index (χ0n) is 25.9.